The van der Waals surface area contributed by atoms with Gasteiger partial charge in [-0.25, -0.2) is 0 Å². The van der Waals surface area contributed by atoms with Crippen molar-refractivity contribution >= 4 is 11.3 Å². The van der Waals surface area contributed by atoms with E-state index in [1.54, 1.807) is 11.3 Å². The molecule has 0 amide bonds. The second-order valence-corrected chi connectivity index (χ2v) is 7.07. The van der Waals surface area contributed by atoms with Crippen LogP contribution in [-0.2, 0) is 10.2 Å². The van der Waals surface area contributed by atoms with E-state index < -0.39 is 6.10 Å². The molecule has 0 spiro atoms. The second kappa shape index (κ2) is 4.71. The van der Waals surface area contributed by atoms with Gasteiger partial charge in [0, 0.05) is 9.75 Å². The predicted molar refractivity (Wildman–Crippen MR) is 71.5 cm³/mol. The summed E-state index contributed by atoms with van der Waals surface area (Å²) < 4.78 is 5.73. The second-order valence-electron chi connectivity index (χ2n) is 5.96. The van der Waals surface area contributed by atoms with Crippen LogP contribution in [0.2, 0.25) is 0 Å². The molecule has 1 N–H and O–H groups in total. The number of rotatable bonds is 2. The van der Waals surface area contributed by atoms with Crippen LogP contribution in [0.4, 0.5) is 0 Å². The van der Waals surface area contributed by atoms with Gasteiger partial charge in [-0.1, -0.05) is 20.8 Å². The van der Waals surface area contributed by atoms with Crippen LogP contribution in [-0.4, -0.2) is 17.3 Å². The molecule has 1 saturated heterocycles. The average molecular weight is 254 g/mol. The smallest absolute Gasteiger partial charge is 0.114 e. The van der Waals surface area contributed by atoms with Crippen LogP contribution in [0.15, 0.2) is 12.1 Å². The fourth-order valence-corrected chi connectivity index (χ4v) is 3.27. The lowest BCUT2D eigenvalue weighted by atomic mass is 9.95. The lowest BCUT2D eigenvalue weighted by molar-refractivity contribution is -0.0282. The first-order valence-corrected chi connectivity index (χ1v) is 7.13. The molecule has 1 aromatic rings. The molecular weight excluding hydrogens is 232 g/mol. The van der Waals surface area contributed by atoms with Crippen LogP contribution in [0.1, 0.15) is 56.4 Å². The van der Waals surface area contributed by atoms with E-state index in [9.17, 15) is 5.11 Å². The Kier molecular flexibility index (Phi) is 3.62. The van der Waals surface area contributed by atoms with Crippen LogP contribution in [0, 0.1) is 0 Å². The van der Waals surface area contributed by atoms with E-state index in [1.807, 2.05) is 6.07 Å². The lowest BCUT2D eigenvalue weighted by Gasteiger charge is -2.18. The quantitative estimate of drug-likeness (QED) is 0.873. The maximum atomic E-state index is 10.3. The molecule has 2 heterocycles. The summed E-state index contributed by atoms with van der Waals surface area (Å²) in [5, 5.41) is 10.3. The highest BCUT2D eigenvalue weighted by atomic mass is 32.1. The van der Waals surface area contributed by atoms with Gasteiger partial charge in [-0.2, -0.15) is 0 Å². The van der Waals surface area contributed by atoms with Crippen molar-refractivity contribution in [2.24, 2.45) is 0 Å². The van der Waals surface area contributed by atoms with Gasteiger partial charge in [0.25, 0.3) is 0 Å². The minimum absolute atomic E-state index is 0.0172. The molecule has 96 valence electrons. The van der Waals surface area contributed by atoms with E-state index >= 15 is 0 Å². The Hall–Kier alpha value is -0.380. The third-order valence-corrected chi connectivity index (χ3v) is 4.86. The molecule has 1 aliphatic rings. The monoisotopic (exact) mass is 254 g/mol. The Morgan fingerprint density at radius 3 is 2.53 bits per heavy atom. The molecule has 0 saturated carbocycles. The van der Waals surface area contributed by atoms with Crippen LogP contribution < -0.4 is 0 Å². The molecule has 2 rings (SSSR count). The first kappa shape index (κ1) is 13.1. The number of aliphatic hydroxyl groups is 1. The summed E-state index contributed by atoms with van der Waals surface area (Å²) in [6.07, 6.45) is 1.83. The molecule has 0 aromatic carbocycles. The van der Waals surface area contributed by atoms with Crippen molar-refractivity contribution in [3.8, 4) is 0 Å². The van der Waals surface area contributed by atoms with Crippen LogP contribution in [0.25, 0.3) is 0 Å². The van der Waals surface area contributed by atoms with Crippen molar-refractivity contribution in [2.75, 3.05) is 0 Å². The predicted octanol–water partition coefficient (Wildman–Crippen LogP) is 3.65. The van der Waals surface area contributed by atoms with Crippen molar-refractivity contribution in [1.82, 2.24) is 0 Å². The summed E-state index contributed by atoms with van der Waals surface area (Å²) in [4.78, 5) is 2.35. The molecule has 3 heteroatoms. The maximum Gasteiger partial charge on any atom is 0.114 e. The van der Waals surface area contributed by atoms with Crippen molar-refractivity contribution in [3.63, 3.8) is 0 Å². The van der Waals surface area contributed by atoms with Crippen molar-refractivity contribution in [1.29, 1.82) is 0 Å². The van der Waals surface area contributed by atoms with E-state index in [4.69, 9.17) is 4.74 Å². The fraction of sp³-hybridized carbons (Fsp3) is 0.714. The highest BCUT2D eigenvalue weighted by Crippen LogP contribution is 2.36. The highest BCUT2D eigenvalue weighted by molar-refractivity contribution is 7.12. The van der Waals surface area contributed by atoms with Gasteiger partial charge in [-0.05, 0) is 37.3 Å². The van der Waals surface area contributed by atoms with Crippen LogP contribution in [0.5, 0.6) is 0 Å². The van der Waals surface area contributed by atoms with Gasteiger partial charge in [0.1, 0.15) is 6.10 Å². The minimum Gasteiger partial charge on any atom is -0.385 e. The normalized spacial score (nSPS) is 27.4. The van der Waals surface area contributed by atoms with Gasteiger partial charge < -0.3 is 9.84 Å². The SMILES string of the molecule is CC1CCC(C(O)c2ccc(C(C)(C)C)s2)O1. The minimum atomic E-state index is -0.457. The molecule has 2 nitrogen and oxygen atoms in total. The van der Waals surface area contributed by atoms with Gasteiger partial charge in [-0.15, -0.1) is 11.3 Å². The molecule has 3 atom stereocenters. The zero-order valence-electron chi connectivity index (χ0n) is 11.1. The Morgan fingerprint density at radius 2 is 2.06 bits per heavy atom. The molecule has 0 bridgehead atoms. The zero-order valence-corrected chi connectivity index (χ0v) is 11.9. The summed E-state index contributed by atoms with van der Waals surface area (Å²) in [7, 11) is 0. The van der Waals surface area contributed by atoms with Gasteiger partial charge in [0.15, 0.2) is 0 Å². The van der Waals surface area contributed by atoms with Gasteiger partial charge in [-0.3, -0.25) is 0 Å². The molecule has 1 fully saturated rings. The summed E-state index contributed by atoms with van der Waals surface area (Å²) in [5.41, 5.74) is 0.159. The fourth-order valence-electron chi connectivity index (χ4n) is 2.16. The largest absolute Gasteiger partial charge is 0.385 e. The van der Waals surface area contributed by atoms with Crippen LogP contribution in [0.3, 0.4) is 0 Å². The zero-order chi connectivity index (χ0) is 12.6. The topological polar surface area (TPSA) is 29.5 Å². The van der Waals surface area contributed by atoms with Gasteiger partial charge in [0.2, 0.25) is 0 Å². The van der Waals surface area contributed by atoms with Gasteiger partial charge in [0.05, 0.1) is 12.2 Å². The highest BCUT2D eigenvalue weighted by Gasteiger charge is 2.30. The maximum absolute atomic E-state index is 10.3. The number of ether oxygens (including phenoxy) is 1. The third kappa shape index (κ3) is 2.90. The van der Waals surface area contributed by atoms with E-state index in [0.29, 0.717) is 0 Å². The number of hydrogen-bond donors (Lipinski definition) is 1. The molecule has 3 unspecified atom stereocenters. The number of thiophene rings is 1. The van der Waals surface area contributed by atoms with Crippen molar-refractivity contribution in [2.45, 2.75) is 64.3 Å². The Bertz CT molecular complexity index is 378. The summed E-state index contributed by atoms with van der Waals surface area (Å²) >= 11 is 1.71. The van der Waals surface area contributed by atoms with Crippen molar-refractivity contribution < 1.29 is 9.84 Å². The van der Waals surface area contributed by atoms with Crippen molar-refractivity contribution in [3.05, 3.63) is 21.9 Å². The first-order chi connectivity index (χ1) is 7.88. The lowest BCUT2D eigenvalue weighted by Crippen LogP contribution is -2.17. The summed E-state index contributed by atoms with van der Waals surface area (Å²) in [6, 6.07) is 4.17. The summed E-state index contributed by atoms with van der Waals surface area (Å²) in [5.74, 6) is 0. The van der Waals surface area contributed by atoms with Crippen LogP contribution >= 0.6 is 11.3 Å². The Balaban J connectivity index is 2.09. The van der Waals surface area contributed by atoms with Gasteiger partial charge >= 0.3 is 0 Å². The summed E-state index contributed by atoms with van der Waals surface area (Å²) in [6.45, 7) is 8.66. The van der Waals surface area contributed by atoms with E-state index in [2.05, 4.69) is 33.8 Å². The Morgan fingerprint density at radius 1 is 1.35 bits per heavy atom. The molecule has 0 radical (unpaired) electrons. The number of hydrogen-bond acceptors (Lipinski definition) is 3. The van der Waals surface area contributed by atoms with E-state index in [1.165, 1.54) is 4.88 Å². The van der Waals surface area contributed by atoms with E-state index in [-0.39, 0.29) is 17.6 Å². The molecule has 0 aliphatic carbocycles. The Labute approximate surface area is 108 Å². The van der Waals surface area contributed by atoms with E-state index in [0.717, 1.165) is 17.7 Å². The molecule has 1 aromatic heterocycles. The standard InChI is InChI=1S/C14H22O2S/c1-9-5-6-10(16-9)13(15)11-7-8-12(17-11)14(2,3)4/h7-10,13,15H,5-6H2,1-4H3. The molecular formula is C14H22O2S. The first-order valence-electron chi connectivity index (χ1n) is 6.31. The third-order valence-electron chi connectivity index (χ3n) is 3.27. The molecule has 1 aliphatic heterocycles. The average Bonchev–Trinajstić information content (AvgIpc) is 2.83. The number of aliphatic hydroxyl groups excluding tert-OH is 1. The molecule has 17 heavy (non-hydrogen) atoms.